The standard InChI is InChI=1S/C28H39N5O5/c1-28(2,3)38-27(37)32-14-9-18(17-32)16-31-12-10-19(11-13-31)20-5-6-21-23(15-20)30(4)26(36)33(21)22-7-8-24(34)29-25(22)35/h5-6,15,18-19,22H,7-14,16-17H2,1-4H3,(H,29,34,35)/t18-,22?/m1/s1. The average molecular weight is 526 g/mol. The second-order valence-corrected chi connectivity index (χ2v) is 12.1. The molecular weight excluding hydrogens is 486 g/mol. The number of likely N-dealkylation sites (tertiary alicyclic amines) is 2. The van der Waals surface area contributed by atoms with E-state index in [1.807, 2.05) is 31.7 Å². The van der Waals surface area contributed by atoms with Crippen LogP contribution in [0.5, 0.6) is 0 Å². The third-order valence-electron chi connectivity index (χ3n) is 8.15. The number of aromatic nitrogens is 2. The molecule has 0 bridgehead atoms. The zero-order chi connectivity index (χ0) is 27.2. The predicted molar refractivity (Wildman–Crippen MR) is 143 cm³/mol. The number of carbonyl (C=O) groups is 3. The number of hydrogen-bond acceptors (Lipinski definition) is 6. The van der Waals surface area contributed by atoms with E-state index >= 15 is 0 Å². The van der Waals surface area contributed by atoms with Crippen LogP contribution in [-0.4, -0.2) is 75.2 Å². The van der Waals surface area contributed by atoms with Gasteiger partial charge in [-0.15, -0.1) is 0 Å². The quantitative estimate of drug-likeness (QED) is 0.616. The lowest BCUT2D eigenvalue weighted by atomic mass is 9.88. The zero-order valence-electron chi connectivity index (χ0n) is 22.9. The van der Waals surface area contributed by atoms with E-state index in [2.05, 4.69) is 22.3 Å². The number of rotatable bonds is 4. The number of nitrogens with zero attached hydrogens (tertiary/aromatic N) is 4. The van der Waals surface area contributed by atoms with E-state index in [-0.39, 0.29) is 24.1 Å². The monoisotopic (exact) mass is 525 g/mol. The van der Waals surface area contributed by atoms with Crippen LogP contribution < -0.4 is 11.0 Å². The number of ether oxygens (including phenoxy) is 1. The number of fused-ring (bicyclic) bond motifs is 1. The molecule has 0 radical (unpaired) electrons. The molecule has 3 aliphatic rings. The van der Waals surface area contributed by atoms with Gasteiger partial charge in [0.05, 0.1) is 11.0 Å². The van der Waals surface area contributed by atoms with Crippen molar-refractivity contribution in [1.29, 1.82) is 0 Å². The summed E-state index contributed by atoms with van der Waals surface area (Å²) in [5, 5.41) is 2.36. The summed E-state index contributed by atoms with van der Waals surface area (Å²) in [6.45, 7) is 10.2. The fraction of sp³-hybridized carbons (Fsp3) is 0.643. The second kappa shape index (κ2) is 10.2. The van der Waals surface area contributed by atoms with Gasteiger partial charge >= 0.3 is 11.8 Å². The lowest BCUT2D eigenvalue weighted by Gasteiger charge is -2.33. The molecule has 38 heavy (non-hydrogen) atoms. The van der Waals surface area contributed by atoms with Crippen molar-refractivity contribution in [3.8, 4) is 0 Å². The van der Waals surface area contributed by atoms with Crippen molar-refractivity contribution in [2.24, 2.45) is 13.0 Å². The highest BCUT2D eigenvalue weighted by Gasteiger charge is 2.33. The third kappa shape index (κ3) is 5.36. The van der Waals surface area contributed by atoms with Gasteiger partial charge in [-0.2, -0.15) is 0 Å². The van der Waals surface area contributed by atoms with Crippen LogP contribution in [0.2, 0.25) is 0 Å². The van der Waals surface area contributed by atoms with Crippen molar-refractivity contribution in [3.63, 3.8) is 0 Å². The van der Waals surface area contributed by atoms with Gasteiger partial charge in [-0.25, -0.2) is 9.59 Å². The number of imidazole rings is 1. The average Bonchev–Trinajstić information content (AvgIpc) is 3.42. The summed E-state index contributed by atoms with van der Waals surface area (Å²) in [7, 11) is 1.74. The Labute approximate surface area is 222 Å². The number of benzene rings is 1. The summed E-state index contributed by atoms with van der Waals surface area (Å²) in [5.41, 5.74) is 2.04. The van der Waals surface area contributed by atoms with Crippen LogP contribution in [0.15, 0.2) is 23.0 Å². The minimum absolute atomic E-state index is 0.213. The number of amides is 3. The van der Waals surface area contributed by atoms with Crippen LogP contribution in [0.4, 0.5) is 4.79 Å². The van der Waals surface area contributed by atoms with Crippen molar-refractivity contribution < 1.29 is 19.1 Å². The normalized spacial score (nSPS) is 23.7. The molecule has 0 saturated carbocycles. The number of carbonyl (C=O) groups excluding carboxylic acids is 3. The number of aryl methyl sites for hydroxylation is 1. The van der Waals surface area contributed by atoms with E-state index in [0.717, 1.165) is 63.0 Å². The largest absolute Gasteiger partial charge is 0.444 e. The molecule has 4 heterocycles. The van der Waals surface area contributed by atoms with Gasteiger partial charge in [0.15, 0.2) is 0 Å². The first kappa shape index (κ1) is 26.5. The van der Waals surface area contributed by atoms with Crippen molar-refractivity contribution in [1.82, 2.24) is 24.3 Å². The van der Waals surface area contributed by atoms with Crippen LogP contribution in [0, 0.1) is 5.92 Å². The number of piperidine rings is 2. The summed E-state index contributed by atoms with van der Waals surface area (Å²) in [5.74, 6) is 0.175. The Morgan fingerprint density at radius 1 is 1.03 bits per heavy atom. The van der Waals surface area contributed by atoms with Gasteiger partial charge in [-0.3, -0.25) is 24.0 Å². The molecule has 2 aromatic rings. The molecule has 1 unspecified atom stereocenters. The van der Waals surface area contributed by atoms with Gasteiger partial charge < -0.3 is 14.5 Å². The summed E-state index contributed by atoms with van der Waals surface area (Å²) >= 11 is 0. The molecule has 206 valence electrons. The van der Waals surface area contributed by atoms with Crippen LogP contribution in [-0.2, 0) is 21.4 Å². The Kier molecular flexibility index (Phi) is 7.11. The molecule has 1 aromatic carbocycles. The maximum Gasteiger partial charge on any atom is 0.410 e. The molecule has 10 heteroatoms. The first-order valence-corrected chi connectivity index (χ1v) is 13.7. The Bertz CT molecular complexity index is 1300. The van der Waals surface area contributed by atoms with E-state index in [0.29, 0.717) is 18.3 Å². The highest BCUT2D eigenvalue weighted by atomic mass is 16.6. The molecule has 3 fully saturated rings. The van der Waals surface area contributed by atoms with E-state index in [1.54, 1.807) is 11.6 Å². The number of nitrogens with one attached hydrogen (secondary N) is 1. The number of imide groups is 1. The molecule has 0 aliphatic carbocycles. The SMILES string of the molecule is Cn1c(=O)n(C2CCC(=O)NC2=O)c2ccc(C3CCN(C[C@H]4CCN(C(=O)OC(C)(C)C)C4)CC3)cc21. The molecule has 3 saturated heterocycles. The van der Waals surface area contributed by atoms with Gasteiger partial charge in [0.2, 0.25) is 11.8 Å². The van der Waals surface area contributed by atoms with E-state index in [1.165, 1.54) is 10.1 Å². The lowest BCUT2D eigenvalue weighted by Crippen LogP contribution is -2.44. The third-order valence-corrected chi connectivity index (χ3v) is 8.15. The molecule has 3 aliphatic heterocycles. The van der Waals surface area contributed by atoms with Crippen LogP contribution >= 0.6 is 0 Å². The lowest BCUT2D eigenvalue weighted by molar-refractivity contribution is -0.135. The second-order valence-electron chi connectivity index (χ2n) is 12.1. The van der Waals surface area contributed by atoms with Crippen molar-refractivity contribution in [2.45, 2.75) is 70.4 Å². The summed E-state index contributed by atoms with van der Waals surface area (Å²) in [6, 6.07) is 5.46. The van der Waals surface area contributed by atoms with E-state index in [9.17, 15) is 19.2 Å². The van der Waals surface area contributed by atoms with Gasteiger partial charge in [-0.1, -0.05) is 6.07 Å². The summed E-state index contributed by atoms with van der Waals surface area (Å²) in [4.78, 5) is 53.8. The van der Waals surface area contributed by atoms with E-state index < -0.39 is 17.6 Å². The van der Waals surface area contributed by atoms with Crippen LogP contribution in [0.1, 0.15) is 70.4 Å². The highest BCUT2D eigenvalue weighted by molar-refractivity contribution is 6.00. The molecule has 1 N–H and O–H groups in total. The molecule has 10 nitrogen and oxygen atoms in total. The van der Waals surface area contributed by atoms with Crippen molar-refractivity contribution in [2.75, 3.05) is 32.7 Å². The molecule has 0 spiro atoms. The van der Waals surface area contributed by atoms with Gasteiger partial charge in [0.1, 0.15) is 11.6 Å². The van der Waals surface area contributed by atoms with Crippen molar-refractivity contribution >= 4 is 28.9 Å². The Morgan fingerprint density at radius 3 is 2.45 bits per heavy atom. The number of hydrogen-bond donors (Lipinski definition) is 1. The molecule has 3 amide bonds. The molecule has 1 aromatic heterocycles. The first-order valence-electron chi connectivity index (χ1n) is 13.7. The topological polar surface area (TPSA) is 106 Å². The molecule has 5 rings (SSSR count). The minimum Gasteiger partial charge on any atom is -0.444 e. The Morgan fingerprint density at radius 2 is 1.76 bits per heavy atom. The first-order chi connectivity index (χ1) is 18.0. The van der Waals surface area contributed by atoms with E-state index in [4.69, 9.17) is 4.74 Å². The van der Waals surface area contributed by atoms with Crippen LogP contribution in [0.25, 0.3) is 11.0 Å². The van der Waals surface area contributed by atoms with Gasteiger partial charge in [0.25, 0.3) is 0 Å². The predicted octanol–water partition coefficient (Wildman–Crippen LogP) is 2.75. The maximum absolute atomic E-state index is 13.1. The fourth-order valence-electron chi connectivity index (χ4n) is 6.15. The van der Waals surface area contributed by atoms with Gasteiger partial charge in [0, 0.05) is 33.1 Å². The molecular formula is C28H39N5O5. The fourth-order valence-corrected chi connectivity index (χ4v) is 6.15. The smallest absolute Gasteiger partial charge is 0.410 e. The highest BCUT2D eigenvalue weighted by Crippen LogP contribution is 2.32. The van der Waals surface area contributed by atoms with Crippen molar-refractivity contribution in [3.05, 3.63) is 34.2 Å². The maximum atomic E-state index is 13.1. The minimum atomic E-state index is -0.667. The summed E-state index contributed by atoms with van der Waals surface area (Å²) in [6.07, 6.45) is 3.44. The molecule has 2 atom stereocenters. The van der Waals surface area contributed by atoms with Crippen LogP contribution in [0.3, 0.4) is 0 Å². The zero-order valence-corrected chi connectivity index (χ0v) is 22.9. The Hall–Kier alpha value is -3.14. The van der Waals surface area contributed by atoms with Gasteiger partial charge in [-0.05, 0) is 89.1 Å². The Balaban J connectivity index is 1.20. The summed E-state index contributed by atoms with van der Waals surface area (Å²) < 4.78 is 8.67.